The monoisotopic (exact) mass is 473 g/mol. The quantitative estimate of drug-likeness (QED) is 0.388. The number of ether oxygens (including phenoxy) is 1. The third-order valence-electron chi connectivity index (χ3n) is 5.90. The van der Waals surface area contributed by atoms with Crippen molar-refractivity contribution in [1.82, 2.24) is 19.9 Å². The van der Waals surface area contributed by atoms with Crippen LogP contribution in [0.25, 0.3) is 10.9 Å². The van der Waals surface area contributed by atoms with Gasteiger partial charge in [-0.2, -0.15) is 0 Å². The molecule has 0 aliphatic carbocycles. The van der Waals surface area contributed by atoms with E-state index in [0.717, 1.165) is 77.0 Å². The van der Waals surface area contributed by atoms with Crippen LogP contribution in [0.5, 0.6) is 5.75 Å². The molecule has 1 aliphatic rings. The highest BCUT2D eigenvalue weighted by Crippen LogP contribution is 2.25. The average molecular weight is 474 g/mol. The van der Waals surface area contributed by atoms with E-state index >= 15 is 0 Å². The van der Waals surface area contributed by atoms with Crippen LogP contribution in [0.15, 0.2) is 73.2 Å². The summed E-state index contributed by atoms with van der Waals surface area (Å²) in [6.07, 6.45) is 4.20. The zero-order valence-electron chi connectivity index (χ0n) is 18.9. The molecule has 34 heavy (non-hydrogen) atoms. The molecule has 7 nitrogen and oxygen atoms in total. The molecule has 4 aromatic rings. The third-order valence-corrected chi connectivity index (χ3v) is 7.17. The molecule has 2 aromatic carbocycles. The predicted octanol–water partition coefficient (Wildman–Crippen LogP) is 3.95. The van der Waals surface area contributed by atoms with Crippen LogP contribution < -0.4 is 10.1 Å². The standard InChI is InChI=1S/C26H27N5O2S/c32-34-14-12-31(13-15-34)11-10-22-16-24-25(17-27-22)28-19-29-26(24)30-21-6-8-23(9-7-21)33-18-20-4-2-1-3-5-20/h1-9,16-17,19H,10-15,18H2,(H,28,29,30). The van der Waals surface area contributed by atoms with Crippen molar-refractivity contribution in [3.05, 3.63) is 84.4 Å². The molecule has 1 N–H and O–H groups in total. The van der Waals surface area contributed by atoms with Crippen molar-refractivity contribution in [3.63, 3.8) is 0 Å². The molecule has 0 amide bonds. The van der Waals surface area contributed by atoms with Crippen molar-refractivity contribution >= 4 is 33.6 Å². The number of fused-ring (bicyclic) bond motifs is 1. The Morgan fingerprint density at radius 2 is 1.76 bits per heavy atom. The van der Waals surface area contributed by atoms with Crippen LogP contribution in [0.4, 0.5) is 11.5 Å². The van der Waals surface area contributed by atoms with Gasteiger partial charge in [-0.25, -0.2) is 9.97 Å². The van der Waals surface area contributed by atoms with Crippen molar-refractivity contribution in [3.8, 4) is 5.75 Å². The fourth-order valence-electron chi connectivity index (χ4n) is 3.92. The molecule has 8 heteroatoms. The van der Waals surface area contributed by atoms with Gasteiger partial charge < -0.3 is 14.6 Å². The average Bonchev–Trinajstić information content (AvgIpc) is 2.89. The Kier molecular flexibility index (Phi) is 7.19. The van der Waals surface area contributed by atoms with Gasteiger partial charge in [0.2, 0.25) is 0 Å². The van der Waals surface area contributed by atoms with E-state index in [1.807, 2.05) is 60.8 Å². The molecule has 1 saturated heterocycles. The molecule has 0 atom stereocenters. The largest absolute Gasteiger partial charge is 0.616 e. The number of benzene rings is 2. The van der Waals surface area contributed by atoms with Gasteiger partial charge in [0.15, 0.2) is 0 Å². The van der Waals surface area contributed by atoms with E-state index < -0.39 is 11.2 Å². The van der Waals surface area contributed by atoms with Crippen LogP contribution in [-0.4, -0.2) is 55.5 Å². The van der Waals surface area contributed by atoms with Gasteiger partial charge in [-0.1, -0.05) is 41.5 Å². The van der Waals surface area contributed by atoms with Crippen molar-refractivity contribution in [2.45, 2.75) is 13.0 Å². The predicted molar refractivity (Wildman–Crippen MR) is 136 cm³/mol. The van der Waals surface area contributed by atoms with E-state index in [0.29, 0.717) is 6.61 Å². The maximum atomic E-state index is 11.6. The van der Waals surface area contributed by atoms with Gasteiger partial charge in [-0.05, 0) is 35.9 Å². The van der Waals surface area contributed by atoms with Crippen LogP contribution in [0, 0.1) is 0 Å². The van der Waals surface area contributed by atoms with E-state index in [9.17, 15) is 4.55 Å². The van der Waals surface area contributed by atoms with Crippen molar-refractivity contribution in [2.24, 2.45) is 0 Å². The zero-order valence-corrected chi connectivity index (χ0v) is 19.7. The molecule has 5 rings (SSSR count). The first-order chi connectivity index (χ1) is 16.7. The summed E-state index contributed by atoms with van der Waals surface area (Å²) in [7, 11) is 0. The molecule has 174 valence electrons. The van der Waals surface area contributed by atoms with E-state index in [4.69, 9.17) is 4.74 Å². The number of rotatable bonds is 8. The third kappa shape index (κ3) is 5.83. The Labute approximate surface area is 202 Å². The second-order valence-corrected chi connectivity index (χ2v) is 9.97. The van der Waals surface area contributed by atoms with Gasteiger partial charge in [0.25, 0.3) is 0 Å². The Balaban J connectivity index is 1.24. The van der Waals surface area contributed by atoms with E-state index in [1.54, 1.807) is 6.33 Å². The first-order valence-electron chi connectivity index (χ1n) is 11.4. The molecule has 2 aromatic heterocycles. The number of hydrogen-bond donors (Lipinski definition) is 1. The molecule has 0 saturated carbocycles. The van der Waals surface area contributed by atoms with E-state index in [2.05, 4.69) is 31.2 Å². The highest BCUT2D eigenvalue weighted by molar-refractivity contribution is 7.91. The lowest BCUT2D eigenvalue weighted by atomic mass is 10.2. The summed E-state index contributed by atoms with van der Waals surface area (Å²) in [5, 5.41) is 4.35. The molecular formula is C26H27N5O2S. The molecule has 3 heterocycles. The summed E-state index contributed by atoms with van der Waals surface area (Å²) in [6.45, 7) is 3.23. The number of nitrogens with one attached hydrogen (secondary N) is 1. The number of pyridine rings is 1. The maximum absolute atomic E-state index is 11.6. The molecular weight excluding hydrogens is 446 g/mol. The van der Waals surface area contributed by atoms with Crippen molar-refractivity contribution in [1.29, 1.82) is 0 Å². The van der Waals surface area contributed by atoms with Gasteiger partial charge in [0, 0.05) is 42.8 Å². The number of aromatic nitrogens is 3. The maximum Gasteiger partial charge on any atom is 0.141 e. The Morgan fingerprint density at radius 3 is 2.56 bits per heavy atom. The van der Waals surface area contributed by atoms with Crippen LogP contribution >= 0.6 is 0 Å². The van der Waals surface area contributed by atoms with Crippen molar-refractivity contribution in [2.75, 3.05) is 36.5 Å². The fourth-order valence-corrected chi connectivity index (χ4v) is 5.05. The second kappa shape index (κ2) is 10.8. The lowest BCUT2D eigenvalue weighted by Gasteiger charge is -2.27. The lowest BCUT2D eigenvalue weighted by Crippen LogP contribution is -2.41. The van der Waals surface area contributed by atoms with Crippen LogP contribution in [0.2, 0.25) is 0 Å². The topological polar surface area (TPSA) is 86.2 Å². The van der Waals surface area contributed by atoms with Gasteiger partial charge >= 0.3 is 0 Å². The Hall–Kier alpha value is -3.20. The number of anilines is 2. The minimum Gasteiger partial charge on any atom is -0.616 e. The summed E-state index contributed by atoms with van der Waals surface area (Å²) < 4.78 is 17.5. The van der Waals surface area contributed by atoms with Crippen LogP contribution in [0.1, 0.15) is 11.3 Å². The molecule has 0 unspecified atom stereocenters. The molecule has 1 fully saturated rings. The van der Waals surface area contributed by atoms with Crippen LogP contribution in [0.3, 0.4) is 0 Å². The summed E-state index contributed by atoms with van der Waals surface area (Å²) in [4.78, 5) is 15.8. The normalized spacial score (nSPS) is 14.9. The molecule has 0 spiro atoms. The zero-order chi connectivity index (χ0) is 23.2. The lowest BCUT2D eigenvalue weighted by molar-refractivity contribution is 0.298. The van der Waals surface area contributed by atoms with Gasteiger partial charge in [-0.15, -0.1) is 0 Å². The Bertz CT molecular complexity index is 1220. The summed E-state index contributed by atoms with van der Waals surface area (Å²) in [5.74, 6) is 3.10. The summed E-state index contributed by atoms with van der Waals surface area (Å²) in [6, 6.07) is 20.1. The minimum atomic E-state index is -0.652. The Morgan fingerprint density at radius 1 is 0.971 bits per heavy atom. The molecule has 0 radical (unpaired) electrons. The first-order valence-corrected chi connectivity index (χ1v) is 12.9. The van der Waals surface area contributed by atoms with Gasteiger partial charge in [0.1, 0.15) is 36.0 Å². The van der Waals surface area contributed by atoms with Gasteiger partial charge in [0.05, 0.1) is 11.7 Å². The number of hydrogen-bond acceptors (Lipinski definition) is 7. The molecule has 0 bridgehead atoms. The van der Waals surface area contributed by atoms with Crippen molar-refractivity contribution < 1.29 is 9.29 Å². The van der Waals surface area contributed by atoms with Gasteiger partial charge in [-0.3, -0.25) is 9.88 Å². The van der Waals surface area contributed by atoms with E-state index in [1.165, 1.54) is 0 Å². The fraction of sp³-hybridized carbons (Fsp3) is 0.269. The summed E-state index contributed by atoms with van der Waals surface area (Å²) >= 11 is -0.652. The highest BCUT2D eigenvalue weighted by Gasteiger charge is 2.19. The molecule has 1 aliphatic heterocycles. The smallest absolute Gasteiger partial charge is 0.141 e. The SMILES string of the molecule is [O-][S+]1CCN(CCc2cc3c(Nc4ccc(OCc5ccccc5)cc4)ncnc3cn2)CC1. The first kappa shape index (κ1) is 22.6. The summed E-state index contributed by atoms with van der Waals surface area (Å²) in [5.41, 5.74) is 3.86. The minimum absolute atomic E-state index is 0.537. The highest BCUT2D eigenvalue weighted by atomic mass is 32.2. The van der Waals surface area contributed by atoms with E-state index in [-0.39, 0.29) is 0 Å². The number of nitrogens with zero attached hydrogens (tertiary/aromatic N) is 4. The second-order valence-electron chi connectivity index (χ2n) is 8.28. The van der Waals surface area contributed by atoms with Crippen LogP contribution in [-0.2, 0) is 24.2 Å².